The van der Waals surface area contributed by atoms with Crippen molar-refractivity contribution in [2.45, 2.75) is 99.1 Å². The molecule has 0 aromatic heterocycles. The Bertz CT molecular complexity index is 305. The zero-order valence-electron chi connectivity index (χ0n) is 17.9. The van der Waals surface area contributed by atoms with Gasteiger partial charge in [0, 0.05) is 31.7 Å². The maximum Gasteiger partial charge on any atom is 0.0198 e. The molecule has 0 bridgehead atoms. The second kappa shape index (κ2) is 11.5. The zero-order chi connectivity index (χ0) is 18.1. The van der Waals surface area contributed by atoms with Crippen LogP contribution in [0.3, 0.4) is 0 Å². The van der Waals surface area contributed by atoms with Crippen LogP contribution in [0.5, 0.6) is 0 Å². The first kappa shape index (κ1) is 22.0. The monoisotopic (exact) mass is 338 g/mol. The van der Waals surface area contributed by atoms with Crippen molar-refractivity contribution in [1.29, 1.82) is 0 Å². The van der Waals surface area contributed by atoms with E-state index in [2.05, 4.69) is 58.3 Å². The summed E-state index contributed by atoms with van der Waals surface area (Å²) in [5.41, 5.74) is 0. The van der Waals surface area contributed by atoms with Crippen molar-refractivity contribution in [2.75, 3.05) is 26.2 Å². The van der Waals surface area contributed by atoms with Crippen LogP contribution in [0.25, 0.3) is 0 Å². The van der Waals surface area contributed by atoms with Crippen LogP contribution in [0.2, 0.25) is 0 Å². The third-order valence-corrected chi connectivity index (χ3v) is 5.91. The molecule has 2 fully saturated rings. The topological polar surface area (TPSA) is 6.48 Å². The Morgan fingerprint density at radius 1 is 0.917 bits per heavy atom. The van der Waals surface area contributed by atoms with Crippen molar-refractivity contribution in [3.63, 3.8) is 0 Å². The van der Waals surface area contributed by atoms with Gasteiger partial charge in [-0.3, -0.25) is 4.90 Å². The van der Waals surface area contributed by atoms with Crippen molar-refractivity contribution in [3.8, 4) is 0 Å². The average molecular weight is 339 g/mol. The van der Waals surface area contributed by atoms with Crippen molar-refractivity contribution in [3.05, 3.63) is 0 Å². The minimum absolute atomic E-state index is 0.707. The highest BCUT2D eigenvalue weighted by molar-refractivity contribution is 4.80. The first-order valence-electron chi connectivity index (χ1n) is 10.8. The van der Waals surface area contributed by atoms with E-state index < -0.39 is 0 Å². The predicted octanol–water partition coefficient (Wildman–Crippen LogP) is 5.67. The van der Waals surface area contributed by atoms with Gasteiger partial charge in [0.2, 0.25) is 0 Å². The molecule has 0 spiro atoms. The molecular formula is C22H46N2. The van der Waals surface area contributed by atoms with Gasteiger partial charge in [-0.05, 0) is 57.9 Å². The minimum Gasteiger partial charge on any atom is -0.301 e. The molecule has 0 aromatic rings. The fraction of sp³-hybridized carbons (Fsp3) is 1.00. The van der Waals surface area contributed by atoms with Crippen molar-refractivity contribution >= 4 is 0 Å². The van der Waals surface area contributed by atoms with Crippen LogP contribution in [0.1, 0.15) is 87.0 Å². The smallest absolute Gasteiger partial charge is 0.0198 e. The van der Waals surface area contributed by atoms with E-state index in [1.807, 2.05) is 0 Å². The van der Waals surface area contributed by atoms with E-state index in [1.54, 1.807) is 0 Å². The summed E-state index contributed by atoms with van der Waals surface area (Å²) in [6, 6.07) is 1.44. The van der Waals surface area contributed by atoms with E-state index >= 15 is 0 Å². The summed E-state index contributed by atoms with van der Waals surface area (Å²) in [5.74, 6) is 2.98. The molecule has 1 aliphatic heterocycles. The Balaban J connectivity index is 0.000000243. The molecular weight excluding hydrogens is 292 g/mol. The van der Waals surface area contributed by atoms with Gasteiger partial charge < -0.3 is 4.90 Å². The SMILES string of the molecule is CC(C)CC1CCC(C)CC1.CCCN1CCN(C(C)C)C(C)C1. The normalized spacial score (nSPS) is 29.6. The Hall–Kier alpha value is -0.0800. The van der Waals surface area contributed by atoms with Gasteiger partial charge in [0.25, 0.3) is 0 Å². The first-order valence-corrected chi connectivity index (χ1v) is 10.8. The number of hydrogen-bond donors (Lipinski definition) is 0. The van der Waals surface area contributed by atoms with Crippen molar-refractivity contribution in [1.82, 2.24) is 9.80 Å². The second-order valence-corrected chi connectivity index (χ2v) is 9.24. The lowest BCUT2D eigenvalue weighted by molar-refractivity contribution is 0.0605. The minimum atomic E-state index is 0.707. The first-order chi connectivity index (χ1) is 11.3. The maximum atomic E-state index is 2.60. The summed E-state index contributed by atoms with van der Waals surface area (Å²) in [4.78, 5) is 5.19. The summed E-state index contributed by atoms with van der Waals surface area (Å²) in [7, 11) is 0. The van der Waals surface area contributed by atoms with Gasteiger partial charge in [-0.15, -0.1) is 0 Å². The van der Waals surface area contributed by atoms with E-state index in [1.165, 1.54) is 64.7 Å². The maximum absolute atomic E-state index is 2.60. The molecule has 1 unspecified atom stereocenters. The Labute approximate surface area is 153 Å². The molecule has 2 aliphatic rings. The molecule has 144 valence electrons. The Morgan fingerprint density at radius 3 is 2.00 bits per heavy atom. The lowest BCUT2D eigenvalue weighted by atomic mass is 9.79. The molecule has 2 heteroatoms. The quantitative estimate of drug-likeness (QED) is 0.637. The molecule has 1 heterocycles. The number of hydrogen-bond acceptors (Lipinski definition) is 2. The van der Waals surface area contributed by atoms with Gasteiger partial charge in [0.15, 0.2) is 0 Å². The van der Waals surface area contributed by atoms with Gasteiger partial charge in [-0.25, -0.2) is 0 Å². The Morgan fingerprint density at radius 2 is 1.54 bits per heavy atom. The van der Waals surface area contributed by atoms with Crippen LogP contribution in [-0.4, -0.2) is 48.1 Å². The van der Waals surface area contributed by atoms with Crippen molar-refractivity contribution in [2.24, 2.45) is 17.8 Å². The zero-order valence-corrected chi connectivity index (χ0v) is 17.9. The molecule has 2 rings (SSSR count). The van der Waals surface area contributed by atoms with E-state index in [0.717, 1.165) is 23.8 Å². The molecule has 1 atom stereocenters. The van der Waals surface area contributed by atoms with Gasteiger partial charge >= 0.3 is 0 Å². The third-order valence-electron chi connectivity index (χ3n) is 5.91. The molecule has 2 nitrogen and oxygen atoms in total. The van der Waals surface area contributed by atoms with Gasteiger partial charge in [0.05, 0.1) is 0 Å². The second-order valence-electron chi connectivity index (χ2n) is 9.24. The molecule has 0 radical (unpaired) electrons. The fourth-order valence-electron chi connectivity index (χ4n) is 4.57. The highest BCUT2D eigenvalue weighted by Crippen LogP contribution is 2.32. The molecule has 1 aliphatic carbocycles. The lowest BCUT2D eigenvalue weighted by Gasteiger charge is -2.42. The van der Waals surface area contributed by atoms with E-state index in [4.69, 9.17) is 0 Å². The van der Waals surface area contributed by atoms with Crippen LogP contribution in [0, 0.1) is 17.8 Å². The van der Waals surface area contributed by atoms with E-state index in [0.29, 0.717) is 6.04 Å². The summed E-state index contributed by atoms with van der Waals surface area (Å²) >= 11 is 0. The van der Waals surface area contributed by atoms with E-state index in [-0.39, 0.29) is 0 Å². The van der Waals surface area contributed by atoms with Crippen LogP contribution >= 0.6 is 0 Å². The molecule has 0 N–H and O–H groups in total. The van der Waals surface area contributed by atoms with Crippen molar-refractivity contribution < 1.29 is 0 Å². The fourth-order valence-corrected chi connectivity index (χ4v) is 4.57. The summed E-state index contributed by atoms with van der Waals surface area (Å²) < 4.78 is 0. The van der Waals surface area contributed by atoms with Gasteiger partial charge in [0.1, 0.15) is 0 Å². The van der Waals surface area contributed by atoms with Gasteiger partial charge in [-0.2, -0.15) is 0 Å². The Kier molecular flexibility index (Phi) is 10.5. The average Bonchev–Trinajstić information content (AvgIpc) is 2.50. The number of rotatable bonds is 5. The predicted molar refractivity (Wildman–Crippen MR) is 109 cm³/mol. The highest BCUT2D eigenvalue weighted by atomic mass is 15.3. The highest BCUT2D eigenvalue weighted by Gasteiger charge is 2.24. The molecule has 1 saturated carbocycles. The summed E-state index contributed by atoms with van der Waals surface area (Å²) in [6.07, 6.45) is 8.72. The number of nitrogens with zero attached hydrogens (tertiary/aromatic N) is 2. The largest absolute Gasteiger partial charge is 0.301 e. The van der Waals surface area contributed by atoms with Crippen LogP contribution in [0.15, 0.2) is 0 Å². The molecule has 0 aromatic carbocycles. The lowest BCUT2D eigenvalue weighted by Crippen LogP contribution is -2.54. The molecule has 24 heavy (non-hydrogen) atoms. The van der Waals surface area contributed by atoms with Crippen LogP contribution < -0.4 is 0 Å². The van der Waals surface area contributed by atoms with Crippen LogP contribution in [-0.2, 0) is 0 Å². The molecule has 1 saturated heterocycles. The molecule has 0 amide bonds. The van der Waals surface area contributed by atoms with Crippen LogP contribution in [0.4, 0.5) is 0 Å². The van der Waals surface area contributed by atoms with Gasteiger partial charge in [-0.1, -0.05) is 53.4 Å². The van der Waals surface area contributed by atoms with E-state index in [9.17, 15) is 0 Å². The summed E-state index contributed by atoms with van der Waals surface area (Å²) in [6.45, 7) is 21.3. The standard InChI is InChI=1S/C11H24N2.C11H22/c1-5-6-12-7-8-13(10(2)3)11(4)9-12;1-9(2)8-11-6-4-10(3)5-7-11/h10-11H,5-9H2,1-4H3;9-11H,4-8H2,1-3H3. The third kappa shape index (κ3) is 8.34. The summed E-state index contributed by atoms with van der Waals surface area (Å²) in [5, 5.41) is 0. The number of piperazine rings is 1.